The largest absolute Gasteiger partial charge is 0.465 e. The Bertz CT molecular complexity index is 488. The van der Waals surface area contributed by atoms with Gasteiger partial charge >= 0.3 is 5.97 Å². The van der Waals surface area contributed by atoms with E-state index in [1.54, 1.807) is 18.2 Å². The molecule has 0 aliphatic carbocycles. The minimum atomic E-state index is -0.383. The molecule has 4 nitrogen and oxygen atoms in total. The predicted octanol–water partition coefficient (Wildman–Crippen LogP) is 3.68. The van der Waals surface area contributed by atoms with E-state index < -0.39 is 0 Å². The molecule has 0 radical (unpaired) electrons. The molecule has 20 heavy (non-hydrogen) atoms. The number of anilines is 2. The number of benzene rings is 1. The molecule has 0 aromatic heterocycles. The number of esters is 1. The number of carbonyl (C=O) groups is 1. The van der Waals surface area contributed by atoms with E-state index in [9.17, 15) is 4.79 Å². The summed E-state index contributed by atoms with van der Waals surface area (Å²) in [6.45, 7) is 10.8. The van der Waals surface area contributed by atoms with Crippen LogP contribution in [-0.2, 0) is 4.74 Å². The number of hydrogen-bond acceptors (Lipinski definition) is 4. The molecule has 0 unspecified atom stereocenters. The van der Waals surface area contributed by atoms with E-state index in [4.69, 9.17) is 10.5 Å². The summed E-state index contributed by atoms with van der Waals surface area (Å²) in [5.74, 6) is -0.383. The van der Waals surface area contributed by atoms with Crippen molar-refractivity contribution in [2.75, 3.05) is 18.2 Å². The summed E-state index contributed by atoms with van der Waals surface area (Å²) in [6.07, 6.45) is 0.939. The van der Waals surface area contributed by atoms with Gasteiger partial charge < -0.3 is 15.8 Å². The average molecular weight is 278 g/mol. The summed E-state index contributed by atoms with van der Waals surface area (Å²) in [7, 11) is 1.37. The van der Waals surface area contributed by atoms with E-state index in [1.807, 2.05) is 0 Å². The Morgan fingerprint density at radius 1 is 1.25 bits per heavy atom. The minimum Gasteiger partial charge on any atom is -0.465 e. The van der Waals surface area contributed by atoms with Crippen LogP contribution in [0.15, 0.2) is 18.2 Å². The highest BCUT2D eigenvalue weighted by Crippen LogP contribution is 2.33. The molecule has 112 valence electrons. The Hall–Kier alpha value is -1.71. The summed E-state index contributed by atoms with van der Waals surface area (Å²) in [5, 5.41) is 3.40. The molecule has 0 atom stereocenters. The first kappa shape index (κ1) is 16.3. The van der Waals surface area contributed by atoms with Gasteiger partial charge in [0.2, 0.25) is 0 Å². The zero-order valence-electron chi connectivity index (χ0n) is 13.3. The molecule has 0 aliphatic rings. The lowest BCUT2D eigenvalue weighted by Gasteiger charge is -2.35. The van der Waals surface area contributed by atoms with Crippen molar-refractivity contribution in [2.24, 2.45) is 5.41 Å². The quantitative estimate of drug-likeness (QED) is 0.651. The van der Waals surface area contributed by atoms with Gasteiger partial charge in [-0.1, -0.05) is 26.8 Å². The molecule has 0 bridgehead atoms. The van der Waals surface area contributed by atoms with Crippen LogP contribution in [0.4, 0.5) is 11.4 Å². The Morgan fingerprint density at radius 3 is 2.35 bits per heavy atom. The zero-order valence-corrected chi connectivity index (χ0v) is 13.3. The van der Waals surface area contributed by atoms with Crippen molar-refractivity contribution in [2.45, 2.75) is 46.6 Å². The number of hydrogen-bond donors (Lipinski definition) is 2. The van der Waals surface area contributed by atoms with Crippen LogP contribution in [-0.4, -0.2) is 18.6 Å². The molecule has 1 aromatic rings. The van der Waals surface area contributed by atoms with Crippen LogP contribution in [0.3, 0.4) is 0 Å². The van der Waals surface area contributed by atoms with Gasteiger partial charge in [0, 0.05) is 5.54 Å². The number of nitrogen functional groups attached to an aromatic ring is 1. The summed E-state index contributed by atoms with van der Waals surface area (Å²) in [4.78, 5) is 11.8. The number of ether oxygens (including phenoxy) is 1. The van der Waals surface area contributed by atoms with Crippen LogP contribution >= 0.6 is 0 Å². The molecule has 3 N–H and O–H groups in total. The number of nitrogens with two attached hydrogens (primary N) is 1. The maximum atomic E-state index is 11.8. The summed E-state index contributed by atoms with van der Waals surface area (Å²) in [5.41, 5.74) is 7.67. The van der Waals surface area contributed by atoms with Crippen molar-refractivity contribution in [1.82, 2.24) is 0 Å². The van der Waals surface area contributed by atoms with Crippen molar-refractivity contribution in [3.8, 4) is 0 Å². The summed E-state index contributed by atoms with van der Waals surface area (Å²) in [6, 6.07) is 5.25. The summed E-state index contributed by atoms with van der Waals surface area (Å²) < 4.78 is 4.81. The van der Waals surface area contributed by atoms with Crippen molar-refractivity contribution in [3.63, 3.8) is 0 Å². The first-order valence-corrected chi connectivity index (χ1v) is 6.81. The van der Waals surface area contributed by atoms with Crippen LogP contribution in [0.1, 0.15) is 51.4 Å². The van der Waals surface area contributed by atoms with Crippen molar-refractivity contribution < 1.29 is 9.53 Å². The fourth-order valence-electron chi connectivity index (χ4n) is 2.70. The van der Waals surface area contributed by atoms with Gasteiger partial charge in [-0.3, -0.25) is 0 Å². The highest BCUT2D eigenvalue weighted by atomic mass is 16.5. The fraction of sp³-hybridized carbons (Fsp3) is 0.562. The normalized spacial score (nSPS) is 12.1. The predicted molar refractivity (Wildman–Crippen MR) is 84.0 cm³/mol. The molecular weight excluding hydrogens is 252 g/mol. The number of rotatable bonds is 4. The molecule has 0 aliphatic heterocycles. The monoisotopic (exact) mass is 278 g/mol. The minimum absolute atomic E-state index is 0.172. The number of para-hydroxylation sites is 1. The van der Waals surface area contributed by atoms with E-state index in [1.165, 1.54) is 7.11 Å². The van der Waals surface area contributed by atoms with E-state index in [2.05, 4.69) is 39.9 Å². The second-order valence-electron chi connectivity index (χ2n) is 7.01. The highest BCUT2D eigenvalue weighted by molar-refractivity contribution is 5.98. The lowest BCUT2D eigenvalue weighted by atomic mass is 9.81. The molecular formula is C16H26N2O2. The number of nitrogens with one attached hydrogen (secondary N) is 1. The van der Waals surface area contributed by atoms with Gasteiger partial charge in [-0.05, 0) is 37.8 Å². The Kier molecular flexibility index (Phi) is 4.69. The maximum absolute atomic E-state index is 11.8. The van der Waals surface area contributed by atoms with Crippen LogP contribution in [0, 0.1) is 5.41 Å². The lowest BCUT2D eigenvalue weighted by Crippen LogP contribution is -2.36. The van der Waals surface area contributed by atoms with Crippen LogP contribution in [0.5, 0.6) is 0 Å². The molecule has 4 heteroatoms. The van der Waals surface area contributed by atoms with Gasteiger partial charge in [0.05, 0.1) is 24.0 Å². The van der Waals surface area contributed by atoms with Crippen LogP contribution in [0.25, 0.3) is 0 Å². The second-order valence-corrected chi connectivity index (χ2v) is 7.01. The average Bonchev–Trinajstić information content (AvgIpc) is 2.27. The van der Waals surface area contributed by atoms with Gasteiger partial charge in [-0.15, -0.1) is 0 Å². The molecule has 0 spiro atoms. The molecule has 0 amide bonds. The Morgan fingerprint density at radius 2 is 1.85 bits per heavy atom. The van der Waals surface area contributed by atoms with E-state index in [0.29, 0.717) is 16.9 Å². The van der Waals surface area contributed by atoms with E-state index in [0.717, 1.165) is 6.42 Å². The molecule has 0 heterocycles. The molecule has 1 aromatic carbocycles. The SMILES string of the molecule is COC(=O)c1cccc(N)c1NC(C)(C)CC(C)(C)C. The fourth-order valence-corrected chi connectivity index (χ4v) is 2.70. The summed E-state index contributed by atoms with van der Waals surface area (Å²) >= 11 is 0. The van der Waals surface area contributed by atoms with Gasteiger partial charge in [-0.25, -0.2) is 4.79 Å². The first-order chi connectivity index (χ1) is 9.06. The van der Waals surface area contributed by atoms with Gasteiger partial charge in [-0.2, -0.15) is 0 Å². The molecule has 0 saturated heterocycles. The van der Waals surface area contributed by atoms with E-state index in [-0.39, 0.29) is 16.9 Å². The third-order valence-electron chi connectivity index (χ3n) is 2.94. The molecule has 1 rings (SSSR count). The van der Waals surface area contributed by atoms with Crippen LogP contribution in [0.2, 0.25) is 0 Å². The third kappa shape index (κ3) is 4.44. The van der Waals surface area contributed by atoms with Crippen molar-refractivity contribution >= 4 is 17.3 Å². The molecule has 0 fully saturated rings. The number of methoxy groups -OCH3 is 1. The third-order valence-corrected chi connectivity index (χ3v) is 2.94. The Balaban J connectivity index is 3.11. The van der Waals surface area contributed by atoms with Gasteiger partial charge in [0.1, 0.15) is 0 Å². The lowest BCUT2D eigenvalue weighted by molar-refractivity contribution is 0.0602. The standard InChI is InChI=1S/C16H26N2O2/c1-15(2,3)10-16(4,5)18-13-11(14(19)20-6)8-7-9-12(13)17/h7-9,18H,10,17H2,1-6H3. The number of carbonyl (C=O) groups excluding carboxylic acids is 1. The van der Waals surface area contributed by atoms with Crippen molar-refractivity contribution in [3.05, 3.63) is 23.8 Å². The maximum Gasteiger partial charge on any atom is 0.340 e. The first-order valence-electron chi connectivity index (χ1n) is 6.81. The second kappa shape index (κ2) is 5.73. The smallest absolute Gasteiger partial charge is 0.340 e. The highest BCUT2D eigenvalue weighted by Gasteiger charge is 2.27. The zero-order chi connectivity index (χ0) is 15.6. The van der Waals surface area contributed by atoms with Gasteiger partial charge in [0.25, 0.3) is 0 Å². The molecule has 0 saturated carbocycles. The van der Waals surface area contributed by atoms with Crippen molar-refractivity contribution in [1.29, 1.82) is 0 Å². The van der Waals surface area contributed by atoms with E-state index >= 15 is 0 Å². The van der Waals surface area contributed by atoms with Crippen LogP contribution < -0.4 is 11.1 Å². The topological polar surface area (TPSA) is 64.3 Å². The Labute approximate surface area is 121 Å². The van der Waals surface area contributed by atoms with Gasteiger partial charge in [0.15, 0.2) is 0 Å².